The van der Waals surface area contributed by atoms with Gasteiger partial charge in [0.05, 0.1) is 15.4 Å². The third kappa shape index (κ3) is 3.85. The van der Waals surface area contributed by atoms with Gasteiger partial charge in [0.15, 0.2) is 5.02 Å². The molecule has 0 unspecified atom stereocenters. The van der Waals surface area contributed by atoms with Crippen LogP contribution in [-0.2, 0) is 6.54 Å². The minimum absolute atomic E-state index is 0.184. The molecule has 2 aromatic rings. The van der Waals surface area contributed by atoms with E-state index in [1.165, 1.54) is 0 Å². The van der Waals surface area contributed by atoms with E-state index < -0.39 is 32.2 Å². The summed E-state index contributed by atoms with van der Waals surface area (Å²) in [7, 11) is 0. The average molecular weight is 350 g/mol. The van der Waals surface area contributed by atoms with E-state index >= 15 is 0 Å². The van der Waals surface area contributed by atoms with Crippen LogP contribution in [0.5, 0.6) is 0 Å². The van der Waals surface area contributed by atoms with Crippen molar-refractivity contribution < 1.29 is 14.6 Å². The van der Waals surface area contributed by atoms with Crippen LogP contribution in [0, 0.1) is 27.2 Å². The van der Waals surface area contributed by atoms with E-state index in [-0.39, 0.29) is 12.1 Å². The number of nitro groups is 2. The second-order valence-electron chi connectivity index (χ2n) is 5.01. The smallest absolute Gasteiger partial charge is 0.295 e. The monoisotopic (exact) mass is 349 g/mol. The van der Waals surface area contributed by atoms with Crippen molar-refractivity contribution in [1.29, 1.82) is 0 Å². The minimum Gasteiger partial charge on any atom is -0.348 e. The fourth-order valence-electron chi connectivity index (χ4n) is 1.98. The molecule has 0 fully saturated rings. The van der Waals surface area contributed by atoms with Gasteiger partial charge in [-0.25, -0.2) is 0 Å². The molecule has 0 aliphatic rings. The summed E-state index contributed by atoms with van der Waals surface area (Å²) in [6, 6.07) is 9.23. The first-order valence-corrected chi connectivity index (χ1v) is 7.13. The van der Waals surface area contributed by atoms with Crippen molar-refractivity contribution in [2.24, 2.45) is 0 Å². The van der Waals surface area contributed by atoms with Crippen LogP contribution >= 0.6 is 11.6 Å². The first kappa shape index (κ1) is 17.4. The van der Waals surface area contributed by atoms with Crippen LogP contribution in [-0.4, -0.2) is 15.8 Å². The Morgan fingerprint density at radius 2 is 1.58 bits per heavy atom. The summed E-state index contributed by atoms with van der Waals surface area (Å²) >= 11 is 5.65. The number of carbonyl (C=O) groups excluding carboxylic acids is 1. The van der Waals surface area contributed by atoms with Gasteiger partial charge in [0, 0.05) is 18.7 Å². The van der Waals surface area contributed by atoms with E-state index in [2.05, 4.69) is 5.32 Å². The molecular formula is C15H12ClN3O5. The maximum atomic E-state index is 12.1. The lowest BCUT2D eigenvalue weighted by molar-refractivity contribution is -0.393. The maximum absolute atomic E-state index is 12.1. The highest BCUT2D eigenvalue weighted by atomic mass is 35.5. The Kier molecular flexibility index (Phi) is 5.10. The number of rotatable bonds is 5. The van der Waals surface area contributed by atoms with Gasteiger partial charge in [-0.1, -0.05) is 41.4 Å². The number of nitro benzene ring substituents is 2. The third-order valence-electron chi connectivity index (χ3n) is 3.26. The first-order valence-electron chi connectivity index (χ1n) is 6.75. The Balaban J connectivity index is 2.26. The molecule has 9 heteroatoms. The molecule has 0 heterocycles. The van der Waals surface area contributed by atoms with Crippen molar-refractivity contribution in [3.63, 3.8) is 0 Å². The van der Waals surface area contributed by atoms with Crippen molar-refractivity contribution in [2.45, 2.75) is 13.5 Å². The molecule has 0 aliphatic carbocycles. The van der Waals surface area contributed by atoms with Crippen molar-refractivity contribution >= 4 is 28.9 Å². The van der Waals surface area contributed by atoms with Crippen molar-refractivity contribution in [1.82, 2.24) is 5.32 Å². The number of nitrogens with zero attached hydrogens (tertiary/aromatic N) is 2. The van der Waals surface area contributed by atoms with Crippen LogP contribution in [0.1, 0.15) is 21.5 Å². The van der Waals surface area contributed by atoms with E-state index in [9.17, 15) is 25.0 Å². The molecular weight excluding hydrogens is 338 g/mol. The molecule has 124 valence electrons. The predicted octanol–water partition coefficient (Wildman–Crippen LogP) is 3.39. The summed E-state index contributed by atoms with van der Waals surface area (Å²) in [5.41, 5.74) is 0.309. The molecule has 0 atom stereocenters. The van der Waals surface area contributed by atoms with E-state index in [0.717, 1.165) is 23.3 Å². The van der Waals surface area contributed by atoms with E-state index in [0.29, 0.717) is 0 Å². The summed E-state index contributed by atoms with van der Waals surface area (Å²) in [6.07, 6.45) is 0. The van der Waals surface area contributed by atoms with Gasteiger partial charge in [-0.05, 0) is 12.5 Å². The Hall–Kier alpha value is -3.00. The van der Waals surface area contributed by atoms with Crippen molar-refractivity contribution in [2.75, 3.05) is 0 Å². The maximum Gasteiger partial charge on any atom is 0.295 e. The molecule has 0 aromatic heterocycles. The number of aryl methyl sites for hydroxylation is 1. The molecule has 0 saturated carbocycles. The third-order valence-corrected chi connectivity index (χ3v) is 3.65. The van der Waals surface area contributed by atoms with Crippen molar-refractivity contribution in [3.8, 4) is 0 Å². The molecule has 2 rings (SSSR count). The van der Waals surface area contributed by atoms with Gasteiger partial charge in [-0.3, -0.25) is 25.0 Å². The van der Waals surface area contributed by atoms with Gasteiger partial charge in [0.2, 0.25) is 0 Å². The zero-order chi connectivity index (χ0) is 17.9. The lowest BCUT2D eigenvalue weighted by Gasteiger charge is -2.07. The number of amides is 1. The van der Waals surface area contributed by atoms with Crippen LogP contribution in [0.25, 0.3) is 0 Å². The lowest BCUT2D eigenvalue weighted by Crippen LogP contribution is -2.23. The van der Waals surface area contributed by atoms with Gasteiger partial charge >= 0.3 is 0 Å². The quantitative estimate of drug-likeness (QED) is 0.656. The molecule has 0 radical (unpaired) electrons. The van der Waals surface area contributed by atoms with Gasteiger partial charge in [0.25, 0.3) is 17.3 Å². The number of halogens is 1. The fourth-order valence-corrected chi connectivity index (χ4v) is 2.23. The molecule has 1 amide bonds. The molecule has 1 N–H and O–H groups in total. The Morgan fingerprint density at radius 3 is 2.04 bits per heavy atom. The van der Waals surface area contributed by atoms with Crippen LogP contribution in [0.15, 0.2) is 36.4 Å². The van der Waals surface area contributed by atoms with Gasteiger partial charge in [-0.2, -0.15) is 0 Å². The highest BCUT2D eigenvalue weighted by Gasteiger charge is 2.27. The molecule has 0 aliphatic heterocycles. The average Bonchev–Trinajstić information content (AvgIpc) is 2.53. The highest BCUT2D eigenvalue weighted by Crippen LogP contribution is 2.34. The Labute approximate surface area is 141 Å². The van der Waals surface area contributed by atoms with Gasteiger partial charge in [-0.15, -0.1) is 0 Å². The zero-order valence-electron chi connectivity index (χ0n) is 12.5. The number of nitrogens with one attached hydrogen (secondary N) is 1. The molecule has 0 spiro atoms. The molecule has 0 saturated heterocycles. The predicted molar refractivity (Wildman–Crippen MR) is 87.1 cm³/mol. The van der Waals surface area contributed by atoms with Gasteiger partial charge < -0.3 is 5.32 Å². The summed E-state index contributed by atoms with van der Waals surface area (Å²) in [5.74, 6) is -0.668. The van der Waals surface area contributed by atoms with Gasteiger partial charge in [0.1, 0.15) is 0 Å². The topological polar surface area (TPSA) is 115 Å². The van der Waals surface area contributed by atoms with Crippen LogP contribution < -0.4 is 5.32 Å². The second-order valence-corrected chi connectivity index (χ2v) is 5.39. The summed E-state index contributed by atoms with van der Waals surface area (Å²) in [6.45, 7) is 2.11. The number of benzene rings is 2. The van der Waals surface area contributed by atoms with Crippen LogP contribution in [0.4, 0.5) is 11.4 Å². The Morgan fingerprint density at radius 1 is 1.08 bits per heavy atom. The van der Waals surface area contributed by atoms with Crippen LogP contribution in [0.2, 0.25) is 5.02 Å². The molecule has 8 nitrogen and oxygen atoms in total. The molecule has 2 aromatic carbocycles. The second kappa shape index (κ2) is 7.05. The van der Waals surface area contributed by atoms with Crippen molar-refractivity contribution in [3.05, 3.63) is 78.3 Å². The lowest BCUT2D eigenvalue weighted by atomic mass is 10.1. The standard InChI is InChI=1S/C15H12ClN3O5/c1-9-2-4-10(5-3-9)8-17-15(20)11-6-12(18(21)22)14(16)13(7-11)19(23)24/h2-7H,8H2,1H3,(H,17,20). The fraction of sp³-hybridized carbons (Fsp3) is 0.133. The normalized spacial score (nSPS) is 10.2. The number of hydrogen-bond donors (Lipinski definition) is 1. The summed E-state index contributed by atoms with van der Waals surface area (Å²) < 4.78 is 0. The minimum atomic E-state index is -0.869. The van der Waals surface area contributed by atoms with Crippen LogP contribution in [0.3, 0.4) is 0 Å². The van der Waals surface area contributed by atoms with E-state index in [1.54, 1.807) is 0 Å². The van der Waals surface area contributed by atoms with E-state index in [1.807, 2.05) is 31.2 Å². The molecule has 0 bridgehead atoms. The molecule has 24 heavy (non-hydrogen) atoms. The zero-order valence-corrected chi connectivity index (χ0v) is 13.2. The summed E-state index contributed by atoms with van der Waals surface area (Å²) in [5, 5.41) is 23.8. The summed E-state index contributed by atoms with van der Waals surface area (Å²) in [4.78, 5) is 32.3. The highest BCUT2D eigenvalue weighted by molar-refractivity contribution is 6.35. The SMILES string of the molecule is Cc1ccc(CNC(=O)c2cc([N+](=O)[O-])c(Cl)c([N+](=O)[O-])c2)cc1. The largest absolute Gasteiger partial charge is 0.348 e. The number of hydrogen-bond acceptors (Lipinski definition) is 5. The van der Waals surface area contributed by atoms with E-state index in [4.69, 9.17) is 11.6 Å². The Bertz CT molecular complexity index is 785. The first-order chi connectivity index (χ1) is 11.3. The number of carbonyl (C=O) groups is 1.